The number of benzene rings is 1. The van der Waals surface area contributed by atoms with E-state index in [2.05, 4.69) is 0 Å². The molecule has 1 rings (SSSR count). The van der Waals surface area contributed by atoms with Gasteiger partial charge < -0.3 is 15.6 Å². The van der Waals surface area contributed by atoms with Crippen LogP contribution in [-0.4, -0.2) is 38.4 Å². The van der Waals surface area contributed by atoms with Crippen molar-refractivity contribution in [3.8, 4) is 5.75 Å². The van der Waals surface area contributed by atoms with Crippen LogP contribution in [-0.2, 0) is 14.8 Å². The van der Waals surface area contributed by atoms with Gasteiger partial charge in [0.2, 0.25) is 10.0 Å². The second-order valence-electron chi connectivity index (χ2n) is 3.45. The zero-order valence-corrected chi connectivity index (χ0v) is 10.3. The van der Waals surface area contributed by atoms with Crippen molar-refractivity contribution in [1.82, 2.24) is 4.72 Å². The summed E-state index contributed by atoms with van der Waals surface area (Å²) < 4.78 is 29.7. The molecular weight excluding hydrogens is 260 g/mol. The van der Waals surface area contributed by atoms with Gasteiger partial charge in [-0.05, 0) is 24.3 Å². The van der Waals surface area contributed by atoms with Crippen LogP contribution in [0, 0.1) is 0 Å². The number of nitrogens with one attached hydrogen (secondary N) is 1. The Balaban J connectivity index is 2.37. The maximum Gasteiger partial charge on any atom is 0.318 e. The van der Waals surface area contributed by atoms with E-state index in [0.717, 1.165) is 0 Å². The smallest absolute Gasteiger partial charge is 0.318 e. The average molecular weight is 274 g/mol. The van der Waals surface area contributed by atoms with Gasteiger partial charge in [-0.15, -0.1) is 0 Å². The van der Waals surface area contributed by atoms with E-state index < -0.39 is 22.5 Å². The van der Waals surface area contributed by atoms with Gasteiger partial charge in [0.05, 0.1) is 5.75 Å². The molecule has 1 aromatic rings. The highest BCUT2D eigenvalue weighted by Crippen LogP contribution is 2.12. The number of carbonyl (C=O) groups is 1. The first-order chi connectivity index (χ1) is 8.39. The molecule has 0 spiro atoms. The summed E-state index contributed by atoms with van der Waals surface area (Å²) in [5.41, 5.74) is 6.06. The van der Waals surface area contributed by atoms with Crippen LogP contribution >= 0.6 is 0 Å². The summed E-state index contributed by atoms with van der Waals surface area (Å²) in [6.07, 6.45) is 0. The molecule has 18 heavy (non-hydrogen) atoms. The van der Waals surface area contributed by atoms with Crippen molar-refractivity contribution >= 4 is 21.7 Å². The summed E-state index contributed by atoms with van der Waals surface area (Å²) in [6.45, 7) is -0.705. The molecule has 0 aliphatic rings. The summed E-state index contributed by atoms with van der Waals surface area (Å²) >= 11 is 0. The first-order valence-electron chi connectivity index (χ1n) is 5.06. The number of anilines is 1. The molecule has 4 N–H and O–H groups in total. The molecule has 0 heterocycles. The maximum absolute atomic E-state index is 11.3. The molecule has 0 aromatic heterocycles. The van der Waals surface area contributed by atoms with Crippen molar-refractivity contribution in [3.05, 3.63) is 24.3 Å². The van der Waals surface area contributed by atoms with Crippen molar-refractivity contribution in [2.75, 3.05) is 24.6 Å². The number of aliphatic carboxylic acids is 1. The summed E-state index contributed by atoms with van der Waals surface area (Å²) in [7, 11) is -3.64. The van der Waals surface area contributed by atoms with Crippen LogP contribution in [0.3, 0.4) is 0 Å². The maximum atomic E-state index is 11.3. The molecular formula is C10H14N2O5S. The van der Waals surface area contributed by atoms with Crippen LogP contribution < -0.4 is 15.2 Å². The van der Waals surface area contributed by atoms with E-state index >= 15 is 0 Å². The van der Waals surface area contributed by atoms with Gasteiger partial charge in [0.1, 0.15) is 18.9 Å². The molecule has 0 saturated carbocycles. The third kappa shape index (κ3) is 5.51. The zero-order valence-electron chi connectivity index (χ0n) is 9.50. The molecule has 8 heteroatoms. The van der Waals surface area contributed by atoms with Gasteiger partial charge in [-0.2, -0.15) is 0 Å². The molecule has 0 aliphatic heterocycles. The van der Waals surface area contributed by atoms with E-state index in [1.54, 1.807) is 24.3 Å². The fourth-order valence-electron chi connectivity index (χ4n) is 1.08. The summed E-state index contributed by atoms with van der Waals surface area (Å²) in [5.74, 6) is -1.05. The lowest BCUT2D eigenvalue weighted by atomic mass is 10.3. The minimum absolute atomic E-state index is 0.0706. The number of ether oxygens (including phenoxy) is 1. The van der Waals surface area contributed by atoms with Crippen LogP contribution in [0.15, 0.2) is 24.3 Å². The summed E-state index contributed by atoms with van der Waals surface area (Å²) in [6, 6.07) is 6.50. The SMILES string of the molecule is Nc1ccc(OCCS(=O)(=O)NCC(=O)O)cc1. The highest BCUT2D eigenvalue weighted by atomic mass is 32.2. The van der Waals surface area contributed by atoms with Crippen LogP contribution in [0.25, 0.3) is 0 Å². The minimum atomic E-state index is -3.64. The minimum Gasteiger partial charge on any atom is -0.492 e. The molecule has 100 valence electrons. The highest BCUT2D eigenvalue weighted by Gasteiger charge is 2.11. The Labute approximate surface area is 105 Å². The van der Waals surface area contributed by atoms with E-state index in [9.17, 15) is 13.2 Å². The van der Waals surface area contributed by atoms with Crippen molar-refractivity contribution in [2.45, 2.75) is 0 Å². The number of hydrogen-bond acceptors (Lipinski definition) is 5. The predicted octanol–water partition coefficient (Wildman–Crippen LogP) is -0.348. The van der Waals surface area contributed by atoms with Crippen molar-refractivity contribution < 1.29 is 23.1 Å². The molecule has 1 aromatic carbocycles. The molecule has 0 amide bonds. The lowest BCUT2D eigenvalue weighted by Crippen LogP contribution is -2.33. The number of carboxylic acids is 1. The van der Waals surface area contributed by atoms with Crippen molar-refractivity contribution in [2.24, 2.45) is 0 Å². The summed E-state index contributed by atoms with van der Waals surface area (Å²) in [4.78, 5) is 10.2. The van der Waals surface area contributed by atoms with Crippen LogP contribution in [0.5, 0.6) is 5.75 Å². The normalized spacial score (nSPS) is 11.1. The lowest BCUT2D eigenvalue weighted by molar-refractivity contribution is -0.135. The first-order valence-corrected chi connectivity index (χ1v) is 6.72. The fraction of sp³-hybridized carbons (Fsp3) is 0.300. The van der Waals surface area contributed by atoms with E-state index in [0.29, 0.717) is 11.4 Å². The van der Waals surface area contributed by atoms with Gasteiger partial charge in [-0.1, -0.05) is 0 Å². The van der Waals surface area contributed by atoms with Crippen LogP contribution in [0.1, 0.15) is 0 Å². The van der Waals surface area contributed by atoms with Gasteiger partial charge in [0.25, 0.3) is 0 Å². The molecule has 7 nitrogen and oxygen atoms in total. The van der Waals surface area contributed by atoms with Gasteiger partial charge >= 0.3 is 5.97 Å². The third-order valence-corrected chi connectivity index (χ3v) is 3.23. The summed E-state index contributed by atoms with van der Waals surface area (Å²) in [5, 5.41) is 8.34. The molecule has 0 bridgehead atoms. The number of sulfonamides is 1. The second-order valence-corrected chi connectivity index (χ2v) is 5.38. The van der Waals surface area contributed by atoms with Gasteiger partial charge in [0, 0.05) is 5.69 Å². The molecule has 0 fully saturated rings. The Morgan fingerprint density at radius 3 is 2.50 bits per heavy atom. The van der Waals surface area contributed by atoms with E-state index in [1.165, 1.54) is 0 Å². The first kappa shape index (κ1) is 14.3. The van der Waals surface area contributed by atoms with E-state index in [4.69, 9.17) is 15.6 Å². The third-order valence-electron chi connectivity index (χ3n) is 1.94. The molecule has 0 radical (unpaired) electrons. The highest BCUT2D eigenvalue weighted by molar-refractivity contribution is 7.89. The Kier molecular flexibility index (Phi) is 4.93. The lowest BCUT2D eigenvalue weighted by Gasteiger charge is -2.07. The number of nitrogens with two attached hydrogens (primary N) is 1. The largest absolute Gasteiger partial charge is 0.492 e. The van der Waals surface area contributed by atoms with Crippen LogP contribution in [0.4, 0.5) is 5.69 Å². The predicted molar refractivity (Wildman–Crippen MR) is 65.8 cm³/mol. The Morgan fingerprint density at radius 2 is 1.94 bits per heavy atom. The average Bonchev–Trinajstić information content (AvgIpc) is 2.29. The van der Waals surface area contributed by atoms with E-state index in [-0.39, 0.29) is 12.4 Å². The molecule has 0 atom stereocenters. The monoisotopic (exact) mass is 274 g/mol. The standard InChI is InChI=1S/C10H14N2O5S/c11-8-1-3-9(4-2-8)17-5-6-18(15,16)12-7-10(13)14/h1-4,12H,5-7,11H2,(H,13,14). The van der Waals surface area contributed by atoms with Crippen molar-refractivity contribution in [3.63, 3.8) is 0 Å². The number of rotatable bonds is 7. The Morgan fingerprint density at radius 1 is 1.33 bits per heavy atom. The fourth-order valence-corrected chi connectivity index (χ4v) is 1.87. The molecule has 0 unspecified atom stereocenters. The molecule has 0 aliphatic carbocycles. The number of hydrogen-bond donors (Lipinski definition) is 3. The van der Waals surface area contributed by atoms with Gasteiger partial charge in [-0.25, -0.2) is 13.1 Å². The van der Waals surface area contributed by atoms with Crippen LogP contribution in [0.2, 0.25) is 0 Å². The zero-order chi connectivity index (χ0) is 13.6. The number of carboxylic acid groups (broad SMARTS) is 1. The van der Waals surface area contributed by atoms with E-state index in [1.807, 2.05) is 4.72 Å². The van der Waals surface area contributed by atoms with Gasteiger partial charge in [-0.3, -0.25) is 4.79 Å². The second kappa shape index (κ2) is 6.22. The Bertz CT molecular complexity index is 498. The quantitative estimate of drug-likeness (QED) is 0.585. The Hall–Kier alpha value is -1.80. The van der Waals surface area contributed by atoms with Gasteiger partial charge in [0.15, 0.2) is 0 Å². The number of nitrogen functional groups attached to an aromatic ring is 1. The topological polar surface area (TPSA) is 119 Å². The molecule has 0 saturated heterocycles. The van der Waals surface area contributed by atoms with Crippen molar-refractivity contribution in [1.29, 1.82) is 0 Å².